The van der Waals surface area contributed by atoms with Crippen LogP contribution in [0.5, 0.6) is 0 Å². The number of carbonyl (C=O) groups is 1. The SMILES string of the molecule is CC1NCCC1C(=O)NCCC1CCCCO1. The van der Waals surface area contributed by atoms with Crippen LogP contribution in [0.25, 0.3) is 0 Å². The third-order valence-corrected chi connectivity index (χ3v) is 3.90. The van der Waals surface area contributed by atoms with Crippen molar-refractivity contribution in [2.24, 2.45) is 5.92 Å². The molecule has 1 amide bonds. The molecule has 0 aromatic carbocycles. The summed E-state index contributed by atoms with van der Waals surface area (Å²) in [5, 5.41) is 6.35. The molecule has 0 radical (unpaired) electrons. The molecule has 2 aliphatic rings. The summed E-state index contributed by atoms with van der Waals surface area (Å²) in [4.78, 5) is 11.9. The molecule has 0 aliphatic carbocycles. The summed E-state index contributed by atoms with van der Waals surface area (Å²) in [5.41, 5.74) is 0. The van der Waals surface area contributed by atoms with E-state index in [1.54, 1.807) is 0 Å². The molecular formula is C13H24N2O2. The van der Waals surface area contributed by atoms with Crippen molar-refractivity contribution in [1.29, 1.82) is 0 Å². The van der Waals surface area contributed by atoms with E-state index < -0.39 is 0 Å². The van der Waals surface area contributed by atoms with Gasteiger partial charge in [-0.15, -0.1) is 0 Å². The summed E-state index contributed by atoms with van der Waals surface area (Å²) in [6.45, 7) is 4.70. The predicted molar refractivity (Wildman–Crippen MR) is 66.8 cm³/mol. The Morgan fingerprint density at radius 2 is 2.29 bits per heavy atom. The van der Waals surface area contributed by atoms with Gasteiger partial charge in [-0.05, 0) is 45.6 Å². The minimum atomic E-state index is 0.155. The Bertz CT molecular complexity index is 252. The second-order valence-electron chi connectivity index (χ2n) is 5.21. The molecule has 3 unspecified atom stereocenters. The van der Waals surface area contributed by atoms with E-state index in [0.717, 1.165) is 39.0 Å². The van der Waals surface area contributed by atoms with Gasteiger partial charge >= 0.3 is 0 Å². The van der Waals surface area contributed by atoms with Gasteiger partial charge in [0.1, 0.15) is 0 Å². The molecule has 2 rings (SSSR count). The normalized spacial score (nSPS) is 33.6. The average Bonchev–Trinajstić information content (AvgIpc) is 2.77. The molecule has 2 heterocycles. The summed E-state index contributed by atoms with van der Waals surface area (Å²) < 4.78 is 5.64. The van der Waals surface area contributed by atoms with Crippen LogP contribution < -0.4 is 10.6 Å². The first-order chi connectivity index (χ1) is 8.27. The molecule has 2 fully saturated rings. The van der Waals surface area contributed by atoms with Gasteiger partial charge in [-0.2, -0.15) is 0 Å². The van der Waals surface area contributed by atoms with E-state index in [0.29, 0.717) is 12.1 Å². The first kappa shape index (κ1) is 12.8. The minimum absolute atomic E-state index is 0.155. The van der Waals surface area contributed by atoms with E-state index in [4.69, 9.17) is 4.74 Å². The summed E-state index contributed by atoms with van der Waals surface area (Å²) >= 11 is 0. The van der Waals surface area contributed by atoms with E-state index in [9.17, 15) is 4.79 Å². The highest BCUT2D eigenvalue weighted by Gasteiger charge is 2.29. The largest absolute Gasteiger partial charge is 0.378 e. The number of carbonyl (C=O) groups excluding carboxylic acids is 1. The molecule has 0 aromatic heterocycles. The van der Waals surface area contributed by atoms with Gasteiger partial charge in [-0.25, -0.2) is 0 Å². The number of rotatable bonds is 4. The quantitative estimate of drug-likeness (QED) is 0.772. The number of nitrogens with one attached hydrogen (secondary N) is 2. The lowest BCUT2D eigenvalue weighted by Gasteiger charge is -2.23. The first-order valence-corrected chi connectivity index (χ1v) is 6.90. The second kappa shape index (κ2) is 6.36. The maximum absolute atomic E-state index is 11.9. The van der Waals surface area contributed by atoms with Gasteiger partial charge < -0.3 is 15.4 Å². The summed E-state index contributed by atoms with van der Waals surface area (Å²) in [7, 11) is 0. The van der Waals surface area contributed by atoms with Crippen molar-refractivity contribution in [3.63, 3.8) is 0 Å². The molecule has 4 heteroatoms. The second-order valence-corrected chi connectivity index (χ2v) is 5.21. The van der Waals surface area contributed by atoms with Gasteiger partial charge in [0.15, 0.2) is 0 Å². The van der Waals surface area contributed by atoms with Crippen molar-refractivity contribution in [2.75, 3.05) is 19.7 Å². The molecule has 3 atom stereocenters. The summed E-state index contributed by atoms with van der Waals surface area (Å²) in [5.74, 6) is 0.362. The van der Waals surface area contributed by atoms with E-state index in [-0.39, 0.29) is 11.8 Å². The Labute approximate surface area is 103 Å². The van der Waals surface area contributed by atoms with Crippen LogP contribution in [0.2, 0.25) is 0 Å². The highest BCUT2D eigenvalue weighted by molar-refractivity contribution is 5.79. The molecule has 2 saturated heterocycles. The molecule has 2 N–H and O–H groups in total. The van der Waals surface area contributed by atoms with Crippen LogP contribution in [0.3, 0.4) is 0 Å². The fourth-order valence-corrected chi connectivity index (χ4v) is 2.74. The van der Waals surface area contributed by atoms with Crippen molar-refractivity contribution < 1.29 is 9.53 Å². The smallest absolute Gasteiger partial charge is 0.224 e. The lowest BCUT2D eigenvalue weighted by atomic mass is 10.0. The van der Waals surface area contributed by atoms with Crippen molar-refractivity contribution in [1.82, 2.24) is 10.6 Å². The zero-order valence-electron chi connectivity index (χ0n) is 10.7. The van der Waals surface area contributed by atoms with Crippen molar-refractivity contribution in [3.05, 3.63) is 0 Å². The van der Waals surface area contributed by atoms with Gasteiger partial charge in [0.2, 0.25) is 5.91 Å². The Balaban J connectivity index is 1.62. The van der Waals surface area contributed by atoms with Gasteiger partial charge in [-0.3, -0.25) is 4.79 Å². The van der Waals surface area contributed by atoms with Crippen LogP contribution >= 0.6 is 0 Å². The number of ether oxygens (including phenoxy) is 1. The Morgan fingerprint density at radius 3 is 2.94 bits per heavy atom. The Kier molecular flexibility index (Phi) is 4.80. The topological polar surface area (TPSA) is 50.4 Å². The maximum Gasteiger partial charge on any atom is 0.224 e. The van der Waals surface area contributed by atoms with Crippen LogP contribution in [-0.2, 0) is 9.53 Å². The molecule has 2 aliphatic heterocycles. The summed E-state index contributed by atoms with van der Waals surface area (Å²) in [6.07, 6.45) is 5.89. The van der Waals surface area contributed by atoms with Gasteiger partial charge in [-0.1, -0.05) is 0 Å². The van der Waals surface area contributed by atoms with Crippen molar-refractivity contribution in [2.45, 2.75) is 51.2 Å². The lowest BCUT2D eigenvalue weighted by Crippen LogP contribution is -2.38. The third-order valence-electron chi connectivity index (χ3n) is 3.90. The van der Waals surface area contributed by atoms with E-state index >= 15 is 0 Å². The molecule has 0 saturated carbocycles. The molecule has 4 nitrogen and oxygen atoms in total. The zero-order chi connectivity index (χ0) is 12.1. The highest BCUT2D eigenvalue weighted by atomic mass is 16.5. The molecule has 0 aromatic rings. The molecule has 0 spiro atoms. The van der Waals surface area contributed by atoms with Crippen LogP contribution in [-0.4, -0.2) is 37.7 Å². The molecule has 0 bridgehead atoms. The van der Waals surface area contributed by atoms with E-state index in [1.807, 2.05) is 0 Å². The lowest BCUT2D eigenvalue weighted by molar-refractivity contribution is -0.125. The predicted octanol–water partition coefficient (Wildman–Crippen LogP) is 1.06. The maximum atomic E-state index is 11.9. The summed E-state index contributed by atoms with van der Waals surface area (Å²) in [6, 6.07) is 0.320. The fraction of sp³-hybridized carbons (Fsp3) is 0.923. The molecule has 98 valence electrons. The van der Waals surface area contributed by atoms with Crippen LogP contribution in [0.4, 0.5) is 0 Å². The Hall–Kier alpha value is -0.610. The van der Waals surface area contributed by atoms with E-state index in [2.05, 4.69) is 17.6 Å². The molecular weight excluding hydrogens is 216 g/mol. The number of amides is 1. The monoisotopic (exact) mass is 240 g/mol. The highest BCUT2D eigenvalue weighted by Crippen LogP contribution is 2.16. The number of hydrogen-bond acceptors (Lipinski definition) is 3. The van der Waals surface area contributed by atoms with Crippen LogP contribution in [0.1, 0.15) is 39.0 Å². The minimum Gasteiger partial charge on any atom is -0.378 e. The number of hydrogen-bond donors (Lipinski definition) is 2. The third kappa shape index (κ3) is 3.68. The van der Waals surface area contributed by atoms with Gasteiger partial charge in [0.05, 0.1) is 12.0 Å². The van der Waals surface area contributed by atoms with Crippen molar-refractivity contribution >= 4 is 5.91 Å². The molecule has 17 heavy (non-hydrogen) atoms. The van der Waals surface area contributed by atoms with Gasteiger partial charge in [0.25, 0.3) is 0 Å². The van der Waals surface area contributed by atoms with Gasteiger partial charge in [0, 0.05) is 19.2 Å². The first-order valence-electron chi connectivity index (χ1n) is 6.90. The standard InChI is InChI=1S/C13H24N2O2/c1-10-12(6-8-14-10)13(16)15-7-5-11-4-2-3-9-17-11/h10-12,14H,2-9H2,1H3,(H,15,16). The van der Waals surface area contributed by atoms with Crippen molar-refractivity contribution in [3.8, 4) is 0 Å². The Morgan fingerprint density at radius 1 is 1.41 bits per heavy atom. The average molecular weight is 240 g/mol. The van der Waals surface area contributed by atoms with Crippen LogP contribution in [0.15, 0.2) is 0 Å². The zero-order valence-corrected chi connectivity index (χ0v) is 10.7. The van der Waals surface area contributed by atoms with Crippen LogP contribution in [0, 0.1) is 5.92 Å². The fourth-order valence-electron chi connectivity index (χ4n) is 2.74. The van der Waals surface area contributed by atoms with E-state index in [1.165, 1.54) is 12.8 Å².